The van der Waals surface area contributed by atoms with Crippen LogP contribution in [0.2, 0.25) is 0 Å². The second kappa shape index (κ2) is 11.5. The number of para-hydroxylation sites is 1. The zero-order valence-electron chi connectivity index (χ0n) is 12.3. The SMILES string of the molecule is [Br][Mg][Br].[CH2]C(CCc1ccccc1OC)c1ccccc1. The maximum Gasteiger partial charge on any atom is 0.560 e. The molecule has 21 heavy (non-hydrogen) atoms. The Kier molecular flexibility index (Phi) is 10.4. The van der Waals surface area contributed by atoms with Crippen LogP contribution in [-0.2, 0) is 6.42 Å². The molecule has 4 heteroatoms. The molecule has 0 spiro atoms. The molecule has 0 heterocycles. The van der Waals surface area contributed by atoms with Crippen LogP contribution >= 0.6 is 25.8 Å². The molecule has 109 valence electrons. The normalized spacial score (nSPS) is 10.9. The maximum atomic E-state index is 5.36. The van der Waals surface area contributed by atoms with Crippen LogP contribution in [0.25, 0.3) is 0 Å². The lowest BCUT2D eigenvalue weighted by molar-refractivity contribution is 0.409. The molecule has 0 aromatic heterocycles. The molecular formula is C17H19Br2MgO. The molecule has 1 unspecified atom stereocenters. The summed E-state index contributed by atoms with van der Waals surface area (Å²) < 4.78 is 5.36. The Morgan fingerprint density at radius 3 is 2.24 bits per heavy atom. The number of hydrogen-bond donors (Lipinski definition) is 0. The van der Waals surface area contributed by atoms with Gasteiger partial charge < -0.3 is 4.74 Å². The fourth-order valence-electron chi connectivity index (χ4n) is 2.13. The van der Waals surface area contributed by atoms with Gasteiger partial charge in [-0.3, -0.25) is 25.8 Å². The van der Waals surface area contributed by atoms with E-state index in [2.05, 4.69) is 69.1 Å². The second-order valence-electron chi connectivity index (χ2n) is 4.56. The molecule has 1 atom stereocenters. The fourth-order valence-corrected chi connectivity index (χ4v) is 2.13. The summed E-state index contributed by atoms with van der Waals surface area (Å²) in [5.74, 6) is 1.30. The second-order valence-corrected chi connectivity index (χ2v) is 12.6. The predicted molar refractivity (Wildman–Crippen MR) is 99.5 cm³/mol. The largest absolute Gasteiger partial charge is 0.560 e. The first-order chi connectivity index (χ1) is 10.2. The van der Waals surface area contributed by atoms with Gasteiger partial charge in [-0.05, 0) is 42.9 Å². The van der Waals surface area contributed by atoms with E-state index in [1.807, 2.05) is 18.2 Å². The van der Waals surface area contributed by atoms with E-state index >= 15 is 0 Å². The van der Waals surface area contributed by atoms with Crippen molar-refractivity contribution in [2.24, 2.45) is 0 Å². The lowest BCUT2D eigenvalue weighted by Gasteiger charge is -2.13. The van der Waals surface area contributed by atoms with Gasteiger partial charge in [-0.15, -0.1) is 0 Å². The first-order valence-electron chi connectivity index (χ1n) is 6.84. The molecule has 2 aromatic rings. The molecule has 1 nitrogen and oxygen atoms in total. The van der Waals surface area contributed by atoms with Crippen LogP contribution in [0.3, 0.4) is 0 Å². The summed E-state index contributed by atoms with van der Waals surface area (Å²) in [6.07, 6.45) is 2.03. The number of ether oxygens (including phenoxy) is 1. The minimum absolute atomic E-state index is 0.0417. The molecule has 0 N–H and O–H groups in total. The highest BCUT2D eigenvalue weighted by molar-refractivity contribution is 9.47. The number of benzene rings is 2. The monoisotopic (exact) mass is 421 g/mol. The summed E-state index contributed by atoms with van der Waals surface area (Å²) in [6.45, 7) is 4.24. The molecule has 0 aliphatic carbocycles. The molecule has 1 radical (unpaired) electrons. The minimum Gasteiger partial charge on any atom is -0.496 e. The Bertz CT molecular complexity index is 505. The van der Waals surface area contributed by atoms with Gasteiger partial charge in [0.15, 0.2) is 0 Å². The molecule has 0 bridgehead atoms. The molecule has 0 fully saturated rings. The third-order valence-electron chi connectivity index (χ3n) is 3.23. The number of methoxy groups -OCH3 is 1. The van der Waals surface area contributed by atoms with Gasteiger partial charge in [0.2, 0.25) is 0 Å². The van der Waals surface area contributed by atoms with E-state index in [0.29, 0.717) is 5.92 Å². The first kappa shape index (κ1) is 19.0. The highest BCUT2D eigenvalue weighted by Gasteiger charge is 2.07. The van der Waals surface area contributed by atoms with Crippen molar-refractivity contribution >= 4 is 41.8 Å². The number of rotatable bonds is 5. The van der Waals surface area contributed by atoms with E-state index in [4.69, 9.17) is 4.74 Å². The van der Waals surface area contributed by atoms with Gasteiger partial charge in [-0.1, -0.05) is 48.5 Å². The number of halogens is 2. The van der Waals surface area contributed by atoms with Crippen LogP contribution in [0.5, 0.6) is 5.75 Å². The Morgan fingerprint density at radius 2 is 1.62 bits per heavy atom. The smallest absolute Gasteiger partial charge is 0.496 e. The number of aryl methyl sites for hydroxylation is 1. The van der Waals surface area contributed by atoms with Crippen LogP contribution in [0.15, 0.2) is 54.6 Å². The van der Waals surface area contributed by atoms with E-state index in [9.17, 15) is 0 Å². The Morgan fingerprint density at radius 1 is 1.05 bits per heavy atom. The fraction of sp³-hybridized carbons (Fsp3) is 0.235. The Balaban J connectivity index is 0.000000677. The number of hydrogen-bond acceptors (Lipinski definition) is 1. The average Bonchev–Trinajstić information content (AvgIpc) is 2.54. The minimum atomic E-state index is 0.0417. The van der Waals surface area contributed by atoms with Gasteiger partial charge >= 0.3 is 16.0 Å². The van der Waals surface area contributed by atoms with Crippen molar-refractivity contribution in [2.45, 2.75) is 18.8 Å². The van der Waals surface area contributed by atoms with Crippen LogP contribution in [-0.4, -0.2) is 23.1 Å². The van der Waals surface area contributed by atoms with Gasteiger partial charge in [0.25, 0.3) is 0 Å². The van der Waals surface area contributed by atoms with Crippen LogP contribution in [0.4, 0.5) is 0 Å². The standard InChI is InChI=1S/C17H19O.2BrH.Mg/c1-14(15-8-4-3-5-9-15)12-13-16-10-6-7-11-17(16)18-2;;;/h3-11,14H,1,12-13H2,2H3;2*1H;/q;;;+2/p-2. The van der Waals surface area contributed by atoms with Gasteiger partial charge in [0.05, 0.1) is 7.11 Å². The van der Waals surface area contributed by atoms with Crippen molar-refractivity contribution in [3.63, 3.8) is 0 Å². The van der Waals surface area contributed by atoms with Crippen molar-refractivity contribution < 1.29 is 4.74 Å². The lowest BCUT2D eigenvalue weighted by Crippen LogP contribution is -1.98. The summed E-state index contributed by atoms with van der Waals surface area (Å²) in [4.78, 5) is 0. The topological polar surface area (TPSA) is 9.23 Å². The zero-order chi connectivity index (χ0) is 15.5. The van der Waals surface area contributed by atoms with Crippen LogP contribution in [0.1, 0.15) is 23.5 Å². The maximum absolute atomic E-state index is 5.36. The third-order valence-corrected chi connectivity index (χ3v) is 3.23. The van der Waals surface area contributed by atoms with E-state index in [1.165, 1.54) is 11.1 Å². The van der Waals surface area contributed by atoms with E-state index < -0.39 is 0 Å². The average molecular weight is 423 g/mol. The van der Waals surface area contributed by atoms with Crippen molar-refractivity contribution in [1.29, 1.82) is 0 Å². The van der Waals surface area contributed by atoms with Crippen molar-refractivity contribution in [3.05, 3.63) is 72.6 Å². The van der Waals surface area contributed by atoms with E-state index in [-0.39, 0.29) is 16.0 Å². The van der Waals surface area contributed by atoms with Crippen LogP contribution < -0.4 is 4.74 Å². The summed E-state index contributed by atoms with van der Waals surface area (Å²) in [7, 11) is 1.72. The lowest BCUT2D eigenvalue weighted by atomic mass is 9.94. The highest BCUT2D eigenvalue weighted by Crippen LogP contribution is 2.24. The quantitative estimate of drug-likeness (QED) is 0.573. The molecule has 2 aromatic carbocycles. The summed E-state index contributed by atoms with van der Waals surface area (Å²) >= 11 is 6.44. The summed E-state index contributed by atoms with van der Waals surface area (Å²) in [6, 6.07) is 18.6. The van der Waals surface area contributed by atoms with Gasteiger partial charge in [-0.2, -0.15) is 0 Å². The highest BCUT2D eigenvalue weighted by atomic mass is 79.9. The first-order valence-corrected chi connectivity index (χ1v) is 14.6. The van der Waals surface area contributed by atoms with Crippen molar-refractivity contribution in [1.82, 2.24) is 0 Å². The summed E-state index contributed by atoms with van der Waals surface area (Å²) in [5, 5.41) is 0. The van der Waals surface area contributed by atoms with Gasteiger partial charge in [-0.25, -0.2) is 0 Å². The van der Waals surface area contributed by atoms with Gasteiger partial charge in [0.1, 0.15) is 5.75 Å². The van der Waals surface area contributed by atoms with E-state index in [1.54, 1.807) is 7.11 Å². The molecule has 0 aliphatic heterocycles. The summed E-state index contributed by atoms with van der Waals surface area (Å²) in [5.41, 5.74) is 2.55. The van der Waals surface area contributed by atoms with E-state index in [0.717, 1.165) is 18.6 Å². The molecule has 0 amide bonds. The zero-order valence-corrected chi connectivity index (χ0v) is 16.9. The van der Waals surface area contributed by atoms with Crippen molar-refractivity contribution in [3.8, 4) is 5.75 Å². The molecular weight excluding hydrogens is 404 g/mol. The van der Waals surface area contributed by atoms with Crippen molar-refractivity contribution in [2.75, 3.05) is 7.11 Å². The molecule has 0 saturated carbocycles. The van der Waals surface area contributed by atoms with Gasteiger partial charge in [0, 0.05) is 0 Å². The molecule has 0 saturated heterocycles. The molecule has 2 rings (SSSR count). The predicted octanol–water partition coefficient (Wildman–Crippen LogP) is 5.56. The molecule has 0 aliphatic rings. The van der Waals surface area contributed by atoms with Crippen LogP contribution in [0, 0.1) is 6.92 Å². The Labute approximate surface area is 149 Å². The Hall–Kier alpha value is -0.0338. The third kappa shape index (κ3) is 7.18.